The summed E-state index contributed by atoms with van der Waals surface area (Å²) >= 11 is 0. The number of hydrogen-bond acceptors (Lipinski definition) is 8. The Labute approximate surface area is 171 Å². The fourth-order valence-corrected chi connectivity index (χ4v) is 2.95. The minimum absolute atomic E-state index is 0.00498. The molecule has 1 aliphatic heterocycles. The molecule has 30 heavy (non-hydrogen) atoms. The number of rotatable bonds is 6. The van der Waals surface area contributed by atoms with Gasteiger partial charge < -0.3 is 19.7 Å². The largest absolute Gasteiger partial charge is 0.452 e. The maximum atomic E-state index is 12.6. The number of benzene rings is 2. The lowest BCUT2D eigenvalue weighted by atomic mass is 10.1. The average Bonchev–Trinajstić information content (AvgIpc) is 2.77. The number of esters is 1. The number of nitro groups is 1. The number of anilines is 2. The number of hydrogen-bond donors (Lipinski definition) is 1. The van der Waals surface area contributed by atoms with Gasteiger partial charge in [0.1, 0.15) is 0 Å². The fraction of sp³-hybridized carbons (Fsp3) is 0.250. The van der Waals surface area contributed by atoms with E-state index in [0.717, 1.165) is 6.07 Å². The van der Waals surface area contributed by atoms with Gasteiger partial charge in [-0.15, -0.1) is 0 Å². The molecule has 154 valence electrons. The summed E-state index contributed by atoms with van der Waals surface area (Å²) in [6.45, 7) is 1.40. The average molecular weight is 410 g/mol. The highest BCUT2D eigenvalue weighted by atomic mass is 16.6. The third-order valence-corrected chi connectivity index (χ3v) is 4.37. The summed E-state index contributed by atoms with van der Waals surface area (Å²) in [6.07, 6.45) is 0. The van der Waals surface area contributed by atoms with Crippen molar-refractivity contribution in [1.29, 1.82) is 5.26 Å². The fourth-order valence-electron chi connectivity index (χ4n) is 2.95. The second-order valence-electron chi connectivity index (χ2n) is 6.37. The van der Waals surface area contributed by atoms with Crippen molar-refractivity contribution >= 4 is 28.9 Å². The molecule has 3 rings (SSSR count). The van der Waals surface area contributed by atoms with E-state index in [1.54, 1.807) is 18.2 Å². The van der Waals surface area contributed by atoms with Crippen LogP contribution in [-0.2, 0) is 14.3 Å². The second kappa shape index (κ2) is 9.49. The predicted octanol–water partition coefficient (Wildman–Crippen LogP) is 2.10. The Morgan fingerprint density at radius 1 is 1.23 bits per heavy atom. The summed E-state index contributed by atoms with van der Waals surface area (Å²) in [4.78, 5) is 37.1. The third-order valence-electron chi connectivity index (χ3n) is 4.37. The number of carbonyl (C=O) groups excluding carboxylic acids is 2. The van der Waals surface area contributed by atoms with E-state index in [4.69, 9.17) is 14.7 Å². The normalized spacial score (nSPS) is 13.2. The van der Waals surface area contributed by atoms with Gasteiger partial charge in [0.25, 0.3) is 11.6 Å². The highest BCUT2D eigenvalue weighted by Crippen LogP contribution is 2.27. The zero-order chi connectivity index (χ0) is 21.5. The first kappa shape index (κ1) is 20.8. The predicted molar refractivity (Wildman–Crippen MR) is 106 cm³/mol. The van der Waals surface area contributed by atoms with Crippen LogP contribution in [0.3, 0.4) is 0 Å². The molecule has 0 saturated carbocycles. The van der Waals surface area contributed by atoms with Crippen LogP contribution in [0.2, 0.25) is 0 Å². The van der Waals surface area contributed by atoms with E-state index < -0.39 is 23.4 Å². The van der Waals surface area contributed by atoms with Gasteiger partial charge >= 0.3 is 5.97 Å². The monoisotopic (exact) mass is 410 g/mol. The summed E-state index contributed by atoms with van der Waals surface area (Å²) in [5.74, 6) is -1.45. The smallest absolute Gasteiger partial charge is 0.341 e. The molecule has 2 aromatic carbocycles. The van der Waals surface area contributed by atoms with E-state index in [1.165, 1.54) is 18.2 Å². The van der Waals surface area contributed by atoms with Crippen LogP contribution >= 0.6 is 0 Å². The summed E-state index contributed by atoms with van der Waals surface area (Å²) in [5, 5.41) is 22.5. The number of amides is 1. The van der Waals surface area contributed by atoms with Gasteiger partial charge in [0.2, 0.25) is 0 Å². The molecule has 1 fully saturated rings. The SMILES string of the molecule is N#Cc1cccc(NC(=O)COC(=O)c2cc([N+](=O)[O-])ccc2N2CCOCC2)c1. The van der Waals surface area contributed by atoms with Gasteiger partial charge in [-0.3, -0.25) is 14.9 Å². The van der Waals surface area contributed by atoms with E-state index in [-0.39, 0.29) is 11.3 Å². The Bertz CT molecular complexity index is 1010. The molecule has 0 bridgehead atoms. The van der Waals surface area contributed by atoms with Crippen LogP contribution in [0.4, 0.5) is 17.1 Å². The lowest BCUT2D eigenvalue weighted by Gasteiger charge is -2.30. The zero-order valence-corrected chi connectivity index (χ0v) is 15.9. The molecule has 0 radical (unpaired) electrons. The maximum absolute atomic E-state index is 12.6. The van der Waals surface area contributed by atoms with Gasteiger partial charge in [-0.25, -0.2) is 4.79 Å². The third kappa shape index (κ3) is 5.09. The molecule has 1 amide bonds. The number of nitrogens with one attached hydrogen (secondary N) is 1. The van der Waals surface area contributed by atoms with Gasteiger partial charge in [0.15, 0.2) is 6.61 Å². The number of ether oxygens (including phenoxy) is 2. The molecule has 0 spiro atoms. The van der Waals surface area contributed by atoms with Crippen molar-refractivity contribution in [3.63, 3.8) is 0 Å². The van der Waals surface area contributed by atoms with Gasteiger partial charge in [0, 0.05) is 30.9 Å². The van der Waals surface area contributed by atoms with Crippen molar-refractivity contribution < 1.29 is 24.0 Å². The Morgan fingerprint density at radius 2 is 2.00 bits per heavy atom. The van der Waals surface area contributed by atoms with Crippen molar-refractivity contribution in [1.82, 2.24) is 0 Å². The maximum Gasteiger partial charge on any atom is 0.341 e. The van der Waals surface area contributed by atoms with Crippen molar-refractivity contribution in [3.8, 4) is 6.07 Å². The minimum atomic E-state index is -0.846. The molecule has 0 aromatic heterocycles. The Hall–Kier alpha value is -3.97. The highest BCUT2D eigenvalue weighted by molar-refractivity contribution is 5.99. The van der Waals surface area contributed by atoms with Gasteiger partial charge in [-0.1, -0.05) is 6.07 Å². The van der Waals surface area contributed by atoms with Crippen molar-refractivity contribution in [2.45, 2.75) is 0 Å². The van der Waals surface area contributed by atoms with Crippen LogP contribution in [0, 0.1) is 21.4 Å². The van der Waals surface area contributed by atoms with Gasteiger partial charge in [0.05, 0.1) is 41.0 Å². The Morgan fingerprint density at radius 3 is 2.70 bits per heavy atom. The number of nitriles is 1. The van der Waals surface area contributed by atoms with Gasteiger partial charge in [-0.2, -0.15) is 5.26 Å². The van der Waals surface area contributed by atoms with Gasteiger partial charge in [-0.05, 0) is 24.3 Å². The van der Waals surface area contributed by atoms with E-state index in [0.29, 0.717) is 43.2 Å². The zero-order valence-electron chi connectivity index (χ0n) is 15.9. The molecule has 0 atom stereocenters. The molecule has 0 unspecified atom stereocenters. The van der Waals surface area contributed by atoms with Crippen molar-refractivity contribution in [3.05, 3.63) is 63.7 Å². The van der Waals surface area contributed by atoms with Crippen LogP contribution < -0.4 is 10.2 Å². The number of carbonyl (C=O) groups is 2. The first-order chi connectivity index (χ1) is 14.5. The van der Waals surface area contributed by atoms with E-state index >= 15 is 0 Å². The Kier molecular flexibility index (Phi) is 6.56. The lowest BCUT2D eigenvalue weighted by molar-refractivity contribution is -0.384. The first-order valence-corrected chi connectivity index (χ1v) is 9.06. The van der Waals surface area contributed by atoms with Crippen LogP contribution in [0.15, 0.2) is 42.5 Å². The summed E-state index contributed by atoms with van der Waals surface area (Å²) < 4.78 is 10.4. The molecule has 10 heteroatoms. The summed E-state index contributed by atoms with van der Waals surface area (Å²) in [5.41, 5.74) is 0.995. The number of nitro benzene ring substituents is 1. The van der Waals surface area contributed by atoms with E-state index in [9.17, 15) is 19.7 Å². The topological polar surface area (TPSA) is 135 Å². The van der Waals surface area contributed by atoms with Crippen LogP contribution in [0.25, 0.3) is 0 Å². The highest BCUT2D eigenvalue weighted by Gasteiger charge is 2.23. The molecule has 10 nitrogen and oxygen atoms in total. The lowest BCUT2D eigenvalue weighted by Crippen LogP contribution is -2.37. The molecule has 1 N–H and O–H groups in total. The Balaban J connectivity index is 1.71. The summed E-state index contributed by atoms with van der Waals surface area (Å²) in [6, 6.07) is 12.2. The van der Waals surface area contributed by atoms with E-state index in [1.807, 2.05) is 11.0 Å². The molecular weight excluding hydrogens is 392 g/mol. The second-order valence-corrected chi connectivity index (χ2v) is 6.37. The number of non-ortho nitro benzene ring substituents is 1. The first-order valence-electron chi connectivity index (χ1n) is 9.06. The van der Waals surface area contributed by atoms with Crippen LogP contribution in [0.1, 0.15) is 15.9 Å². The van der Waals surface area contributed by atoms with E-state index in [2.05, 4.69) is 5.32 Å². The molecule has 2 aromatic rings. The molecular formula is C20H18N4O6. The molecule has 0 aliphatic carbocycles. The number of morpholine rings is 1. The van der Waals surface area contributed by atoms with Crippen molar-refractivity contribution in [2.75, 3.05) is 43.1 Å². The van der Waals surface area contributed by atoms with Crippen LogP contribution in [0.5, 0.6) is 0 Å². The van der Waals surface area contributed by atoms with Crippen molar-refractivity contribution in [2.24, 2.45) is 0 Å². The standard InChI is InChI=1S/C20H18N4O6/c21-12-14-2-1-3-15(10-14)22-19(25)13-30-20(26)17-11-16(24(27)28)4-5-18(17)23-6-8-29-9-7-23/h1-5,10-11H,6-9,13H2,(H,22,25). The molecule has 1 saturated heterocycles. The molecule has 1 heterocycles. The van der Waals surface area contributed by atoms with Crippen LogP contribution in [-0.4, -0.2) is 49.7 Å². The summed E-state index contributed by atoms with van der Waals surface area (Å²) in [7, 11) is 0. The molecule has 1 aliphatic rings. The minimum Gasteiger partial charge on any atom is -0.452 e. The quantitative estimate of drug-likeness (QED) is 0.434. The number of nitrogens with zero attached hydrogens (tertiary/aromatic N) is 3.